The number of nitrogens with two attached hydrogens (primary N) is 1. The Kier molecular flexibility index (Phi) is 5.38. The first-order valence-electron chi connectivity index (χ1n) is 8.40. The number of aromatic amines is 1. The molecule has 25 heavy (non-hydrogen) atoms. The number of hydrogen-bond acceptors (Lipinski definition) is 3. The van der Waals surface area contributed by atoms with E-state index in [2.05, 4.69) is 10.2 Å². The molecule has 1 aromatic carbocycles. The monoisotopic (exact) mass is 360 g/mol. The highest BCUT2D eigenvalue weighted by atomic mass is 35.5. The molecule has 1 aliphatic rings. The van der Waals surface area contributed by atoms with Crippen molar-refractivity contribution in [2.24, 2.45) is 5.73 Å². The molecule has 132 valence electrons. The van der Waals surface area contributed by atoms with Gasteiger partial charge in [-0.1, -0.05) is 23.7 Å². The fraction of sp³-hybridized carbons (Fsp3) is 0.389. The van der Waals surface area contributed by atoms with E-state index in [1.807, 2.05) is 29.2 Å². The zero-order chi connectivity index (χ0) is 17.8. The Balaban J connectivity index is 1.49. The molecule has 0 atom stereocenters. The summed E-state index contributed by atoms with van der Waals surface area (Å²) < 4.78 is 0. The third-order valence-corrected chi connectivity index (χ3v) is 4.89. The van der Waals surface area contributed by atoms with Gasteiger partial charge >= 0.3 is 0 Å². The molecule has 0 aliphatic carbocycles. The zero-order valence-electron chi connectivity index (χ0n) is 13.9. The van der Waals surface area contributed by atoms with Gasteiger partial charge in [0.2, 0.25) is 5.91 Å². The molecule has 6 nitrogen and oxygen atoms in total. The lowest BCUT2D eigenvalue weighted by molar-refractivity contribution is -0.132. The van der Waals surface area contributed by atoms with Crippen molar-refractivity contribution in [2.75, 3.05) is 13.1 Å². The molecule has 0 bridgehead atoms. The van der Waals surface area contributed by atoms with Crippen LogP contribution in [0.15, 0.2) is 30.3 Å². The summed E-state index contributed by atoms with van der Waals surface area (Å²) in [6.07, 6.45) is 2.88. The maximum atomic E-state index is 12.4. The number of nitrogens with one attached hydrogen (secondary N) is 1. The van der Waals surface area contributed by atoms with Gasteiger partial charge in [-0.05, 0) is 43.0 Å². The molecular formula is C18H21ClN4O2. The quantitative estimate of drug-likeness (QED) is 0.858. The van der Waals surface area contributed by atoms with E-state index in [1.165, 1.54) is 0 Å². The molecule has 0 spiro atoms. The number of rotatable bonds is 5. The number of hydrogen-bond donors (Lipinski definition) is 2. The third-order valence-electron chi connectivity index (χ3n) is 4.65. The fourth-order valence-electron chi connectivity index (χ4n) is 3.21. The predicted octanol–water partition coefficient (Wildman–Crippen LogP) is 2.50. The number of aromatic nitrogens is 2. The number of amides is 2. The van der Waals surface area contributed by atoms with Crippen LogP contribution in [0.2, 0.25) is 5.02 Å². The second kappa shape index (κ2) is 7.70. The van der Waals surface area contributed by atoms with Crippen molar-refractivity contribution < 1.29 is 9.59 Å². The Labute approximate surface area is 151 Å². The van der Waals surface area contributed by atoms with Gasteiger partial charge in [-0.3, -0.25) is 14.7 Å². The Hall–Kier alpha value is -2.34. The number of aryl methyl sites for hydroxylation is 1. The largest absolute Gasteiger partial charge is 0.364 e. The molecule has 2 heterocycles. The van der Waals surface area contributed by atoms with Crippen LogP contribution in [0.5, 0.6) is 0 Å². The van der Waals surface area contributed by atoms with Gasteiger partial charge in [-0.15, -0.1) is 0 Å². The number of piperidine rings is 1. The second-order valence-corrected chi connectivity index (χ2v) is 6.79. The van der Waals surface area contributed by atoms with Crippen LogP contribution in [0.4, 0.5) is 0 Å². The second-order valence-electron chi connectivity index (χ2n) is 6.36. The van der Waals surface area contributed by atoms with Crippen molar-refractivity contribution >= 4 is 23.4 Å². The van der Waals surface area contributed by atoms with Crippen molar-refractivity contribution in [2.45, 2.75) is 31.6 Å². The number of benzene rings is 1. The molecule has 0 radical (unpaired) electrons. The molecular weight excluding hydrogens is 340 g/mol. The van der Waals surface area contributed by atoms with Crippen molar-refractivity contribution in [1.29, 1.82) is 0 Å². The molecule has 2 aromatic rings. The lowest BCUT2D eigenvalue weighted by Crippen LogP contribution is -2.38. The van der Waals surface area contributed by atoms with E-state index < -0.39 is 5.91 Å². The number of H-pyrrole nitrogens is 1. The summed E-state index contributed by atoms with van der Waals surface area (Å²) in [6.45, 7) is 1.42. The lowest BCUT2D eigenvalue weighted by atomic mass is 9.93. The number of nitrogens with zero attached hydrogens (tertiary/aromatic N) is 2. The Morgan fingerprint density at radius 1 is 1.28 bits per heavy atom. The smallest absolute Gasteiger partial charge is 0.269 e. The minimum atomic E-state index is -0.531. The topological polar surface area (TPSA) is 92.1 Å². The van der Waals surface area contributed by atoms with Crippen LogP contribution in [0.1, 0.15) is 46.9 Å². The van der Waals surface area contributed by atoms with Gasteiger partial charge in [0.05, 0.1) is 0 Å². The molecule has 0 saturated carbocycles. The van der Waals surface area contributed by atoms with E-state index in [9.17, 15) is 9.59 Å². The standard InChI is InChI=1S/C18H21ClN4O2/c19-14-3-1-2-12(10-14)4-5-17(24)23-8-6-13(7-9-23)15-11-16(18(20)25)22-21-15/h1-3,10-11,13H,4-9H2,(H2,20,25)(H,21,22). The summed E-state index contributed by atoms with van der Waals surface area (Å²) in [4.78, 5) is 25.4. The molecule has 3 rings (SSSR count). The highest BCUT2D eigenvalue weighted by Crippen LogP contribution is 2.27. The molecule has 3 N–H and O–H groups in total. The average molecular weight is 361 g/mol. The van der Waals surface area contributed by atoms with Crippen LogP contribution in [-0.2, 0) is 11.2 Å². The number of likely N-dealkylation sites (tertiary alicyclic amines) is 1. The summed E-state index contributed by atoms with van der Waals surface area (Å²) in [5, 5.41) is 7.51. The normalized spacial score (nSPS) is 15.3. The minimum absolute atomic E-state index is 0.167. The molecule has 1 fully saturated rings. The van der Waals surface area contributed by atoms with Crippen molar-refractivity contribution in [3.8, 4) is 0 Å². The zero-order valence-corrected chi connectivity index (χ0v) is 14.6. The molecule has 1 aliphatic heterocycles. The van der Waals surface area contributed by atoms with Gasteiger partial charge in [0.1, 0.15) is 5.69 Å². The predicted molar refractivity (Wildman–Crippen MR) is 95.4 cm³/mol. The van der Waals surface area contributed by atoms with Crippen LogP contribution < -0.4 is 5.73 Å². The van der Waals surface area contributed by atoms with E-state index in [-0.39, 0.29) is 17.5 Å². The first kappa shape index (κ1) is 17.5. The van der Waals surface area contributed by atoms with Gasteiger partial charge in [-0.2, -0.15) is 5.10 Å². The highest BCUT2D eigenvalue weighted by Gasteiger charge is 2.25. The molecule has 0 unspecified atom stereocenters. The molecule has 7 heteroatoms. The fourth-order valence-corrected chi connectivity index (χ4v) is 3.43. The maximum absolute atomic E-state index is 12.4. The summed E-state index contributed by atoms with van der Waals surface area (Å²) in [7, 11) is 0. The summed E-state index contributed by atoms with van der Waals surface area (Å²) in [5.41, 5.74) is 7.48. The maximum Gasteiger partial charge on any atom is 0.269 e. The Bertz CT molecular complexity index is 766. The number of primary amides is 1. The van der Waals surface area contributed by atoms with E-state index >= 15 is 0 Å². The first-order valence-corrected chi connectivity index (χ1v) is 8.78. The van der Waals surface area contributed by atoms with E-state index in [0.29, 0.717) is 31.0 Å². The molecule has 2 amide bonds. The highest BCUT2D eigenvalue weighted by molar-refractivity contribution is 6.30. The average Bonchev–Trinajstić information content (AvgIpc) is 3.10. The molecule has 1 aromatic heterocycles. The van der Waals surface area contributed by atoms with Gasteiger partial charge in [0, 0.05) is 36.1 Å². The minimum Gasteiger partial charge on any atom is -0.364 e. The van der Waals surface area contributed by atoms with Crippen molar-refractivity contribution in [3.05, 3.63) is 52.3 Å². The van der Waals surface area contributed by atoms with E-state index in [4.69, 9.17) is 17.3 Å². The summed E-state index contributed by atoms with van der Waals surface area (Å²) in [6, 6.07) is 9.33. The first-order chi connectivity index (χ1) is 12.0. The van der Waals surface area contributed by atoms with E-state index in [0.717, 1.165) is 24.1 Å². The SMILES string of the molecule is NC(=O)c1cc(C2CCN(C(=O)CCc3cccc(Cl)c3)CC2)[nH]n1. The van der Waals surface area contributed by atoms with Gasteiger partial charge in [0.25, 0.3) is 5.91 Å². The van der Waals surface area contributed by atoms with Crippen molar-refractivity contribution in [3.63, 3.8) is 0 Å². The summed E-state index contributed by atoms with van der Waals surface area (Å²) >= 11 is 5.97. The van der Waals surface area contributed by atoms with Crippen LogP contribution >= 0.6 is 11.6 Å². The van der Waals surface area contributed by atoms with Crippen LogP contribution in [0.3, 0.4) is 0 Å². The van der Waals surface area contributed by atoms with Crippen molar-refractivity contribution in [1.82, 2.24) is 15.1 Å². The van der Waals surface area contributed by atoms with Gasteiger partial charge < -0.3 is 10.6 Å². The van der Waals surface area contributed by atoms with Crippen LogP contribution in [-0.4, -0.2) is 40.0 Å². The van der Waals surface area contributed by atoms with E-state index in [1.54, 1.807) is 6.07 Å². The third kappa shape index (κ3) is 4.39. The van der Waals surface area contributed by atoms with Gasteiger partial charge in [-0.25, -0.2) is 0 Å². The summed E-state index contributed by atoms with van der Waals surface area (Å²) in [5.74, 6) is -0.0884. The molecule has 1 saturated heterocycles. The number of carbonyl (C=O) groups excluding carboxylic acids is 2. The number of carbonyl (C=O) groups is 2. The van der Waals surface area contributed by atoms with Crippen LogP contribution in [0, 0.1) is 0 Å². The lowest BCUT2D eigenvalue weighted by Gasteiger charge is -2.31. The van der Waals surface area contributed by atoms with Gasteiger partial charge in [0.15, 0.2) is 0 Å². The number of halogens is 1. The Morgan fingerprint density at radius 3 is 2.68 bits per heavy atom. The Morgan fingerprint density at radius 2 is 2.04 bits per heavy atom. The van der Waals surface area contributed by atoms with Crippen LogP contribution in [0.25, 0.3) is 0 Å².